The van der Waals surface area contributed by atoms with E-state index >= 15 is 0 Å². The van der Waals surface area contributed by atoms with E-state index in [1.165, 1.54) is 40.8 Å². The Bertz CT molecular complexity index is 1070. The number of carbonyl (C=O) groups excluding carboxylic acids is 3. The maximum Gasteiger partial charge on any atom is 0.325 e. The third-order valence-corrected chi connectivity index (χ3v) is 6.62. The molecule has 1 heterocycles. The topological polar surface area (TPSA) is 135 Å². The molecule has 2 aromatic rings. The minimum absolute atomic E-state index is 0.0666. The number of anilines is 1. The van der Waals surface area contributed by atoms with Gasteiger partial charge < -0.3 is 15.4 Å². The average molecular weight is 483 g/mol. The Morgan fingerprint density at radius 2 is 1.75 bits per heavy atom. The number of hydrogen-bond donors (Lipinski definition) is 2. The lowest BCUT2D eigenvalue weighted by molar-refractivity contribution is -0.146. The van der Waals surface area contributed by atoms with E-state index in [0.29, 0.717) is 13.1 Å². The van der Waals surface area contributed by atoms with Gasteiger partial charge in [-0.1, -0.05) is 25.4 Å². The zero-order chi connectivity index (χ0) is 23.7. The number of amides is 2. The third-order valence-electron chi connectivity index (χ3n) is 4.25. The third kappa shape index (κ3) is 6.74. The summed E-state index contributed by atoms with van der Waals surface area (Å²) in [7, 11) is -3.63. The van der Waals surface area contributed by atoms with Crippen LogP contribution in [0.1, 0.15) is 24.2 Å². The molecule has 0 saturated heterocycles. The normalized spacial score (nSPS) is 11.1. The summed E-state index contributed by atoms with van der Waals surface area (Å²) in [5, 5.41) is 4.88. The number of nitrogens with zero attached hydrogens (tertiary/aromatic N) is 2. The summed E-state index contributed by atoms with van der Waals surface area (Å²) < 4.78 is 31.0. The molecule has 0 aliphatic heterocycles. The van der Waals surface area contributed by atoms with Crippen LogP contribution in [0.15, 0.2) is 47.5 Å². The number of pyridine rings is 1. The molecule has 0 unspecified atom stereocenters. The number of carbonyl (C=O) groups is 3. The van der Waals surface area contributed by atoms with Crippen molar-refractivity contribution in [2.75, 3.05) is 31.6 Å². The van der Waals surface area contributed by atoms with Gasteiger partial charge in [-0.25, -0.2) is 13.4 Å². The smallest absolute Gasteiger partial charge is 0.325 e. The predicted octanol–water partition coefficient (Wildman–Crippen LogP) is 1.68. The second-order valence-electron chi connectivity index (χ2n) is 6.35. The molecule has 0 aliphatic carbocycles. The largest absolute Gasteiger partial charge is 0.454 e. The quantitative estimate of drug-likeness (QED) is 0.388. The lowest BCUT2D eigenvalue weighted by Crippen LogP contribution is -2.32. The number of hydrogen-bond acceptors (Lipinski definition) is 7. The van der Waals surface area contributed by atoms with E-state index in [9.17, 15) is 22.8 Å². The van der Waals surface area contributed by atoms with E-state index in [1.54, 1.807) is 19.9 Å². The summed E-state index contributed by atoms with van der Waals surface area (Å²) in [5.41, 5.74) is 0.440. The van der Waals surface area contributed by atoms with Crippen LogP contribution in [0.5, 0.6) is 0 Å². The van der Waals surface area contributed by atoms with Gasteiger partial charge in [0.05, 0.1) is 10.6 Å². The standard InChI is InChI=1S/C20H23ClN4O6S/c1-3-25(4-2)32(29,30)15-9-7-14(8-10-15)20(28)23-12-18(27)31-13-17(26)24-16-6-5-11-22-19(16)21/h5-11H,3-4,12-13H2,1-2H3,(H,23,28)(H,24,26). The number of halogens is 1. The van der Waals surface area contributed by atoms with Crippen LogP contribution in [0.25, 0.3) is 0 Å². The van der Waals surface area contributed by atoms with E-state index in [0.717, 1.165) is 0 Å². The lowest BCUT2D eigenvalue weighted by atomic mass is 10.2. The average Bonchev–Trinajstić information content (AvgIpc) is 2.78. The van der Waals surface area contributed by atoms with Crippen molar-refractivity contribution in [2.24, 2.45) is 0 Å². The molecule has 10 nitrogen and oxygen atoms in total. The highest BCUT2D eigenvalue weighted by molar-refractivity contribution is 7.89. The summed E-state index contributed by atoms with van der Waals surface area (Å²) in [6.07, 6.45) is 1.46. The van der Waals surface area contributed by atoms with Crippen LogP contribution in [-0.2, 0) is 24.3 Å². The number of ether oxygens (including phenoxy) is 1. The Hall–Kier alpha value is -3.02. The van der Waals surface area contributed by atoms with Gasteiger partial charge >= 0.3 is 5.97 Å². The minimum atomic E-state index is -3.63. The molecule has 2 N–H and O–H groups in total. The predicted molar refractivity (Wildman–Crippen MR) is 118 cm³/mol. The zero-order valence-electron chi connectivity index (χ0n) is 17.5. The van der Waals surface area contributed by atoms with Crippen molar-refractivity contribution < 1.29 is 27.5 Å². The number of benzene rings is 1. The van der Waals surface area contributed by atoms with Gasteiger partial charge in [-0.15, -0.1) is 0 Å². The van der Waals surface area contributed by atoms with E-state index in [2.05, 4.69) is 15.6 Å². The number of rotatable bonds is 10. The maximum absolute atomic E-state index is 12.5. The first-order valence-electron chi connectivity index (χ1n) is 9.63. The van der Waals surface area contributed by atoms with Crippen LogP contribution in [0, 0.1) is 0 Å². The Balaban J connectivity index is 1.83. The number of esters is 1. The van der Waals surface area contributed by atoms with Gasteiger partial charge in [0.15, 0.2) is 11.8 Å². The first-order valence-corrected chi connectivity index (χ1v) is 11.4. The van der Waals surface area contributed by atoms with Crippen molar-refractivity contribution in [3.05, 3.63) is 53.3 Å². The first kappa shape index (κ1) is 25.2. The van der Waals surface area contributed by atoms with E-state index < -0.39 is 41.0 Å². The summed E-state index contributed by atoms with van der Waals surface area (Å²) >= 11 is 5.82. The molecule has 0 radical (unpaired) electrons. The summed E-state index contributed by atoms with van der Waals surface area (Å²) in [5.74, 6) is -2.04. The van der Waals surface area contributed by atoms with E-state index in [4.69, 9.17) is 16.3 Å². The molecule has 0 bridgehead atoms. The van der Waals surface area contributed by atoms with Crippen LogP contribution < -0.4 is 10.6 Å². The van der Waals surface area contributed by atoms with Crippen molar-refractivity contribution >= 4 is 45.1 Å². The molecule has 2 rings (SSSR count). The van der Waals surface area contributed by atoms with Crippen molar-refractivity contribution in [2.45, 2.75) is 18.7 Å². The van der Waals surface area contributed by atoms with Gasteiger partial charge in [-0.3, -0.25) is 14.4 Å². The van der Waals surface area contributed by atoms with Crippen molar-refractivity contribution in [1.29, 1.82) is 0 Å². The highest BCUT2D eigenvalue weighted by Crippen LogP contribution is 2.17. The first-order chi connectivity index (χ1) is 15.2. The molecule has 0 aliphatic rings. The fourth-order valence-corrected chi connectivity index (χ4v) is 4.23. The molecular weight excluding hydrogens is 460 g/mol. The summed E-state index contributed by atoms with van der Waals surface area (Å²) in [6, 6.07) is 8.47. The molecule has 32 heavy (non-hydrogen) atoms. The van der Waals surface area contributed by atoms with Gasteiger partial charge in [0, 0.05) is 24.8 Å². The fourth-order valence-electron chi connectivity index (χ4n) is 2.61. The SMILES string of the molecule is CCN(CC)S(=O)(=O)c1ccc(C(=O)NCC(=O)OCC(=O)Nc2cccnc2Cl)cc1. The molecule has 0 saturated carbocycles. The van der Waals surface area contributed by atoms with Gasteiger partial charge in [0.25, 0.3) is 11.8 Å². The molecular formula is C20H23ClN4O6S. The van der Waals surface area contributed by atoms with Crippen LogP contribution >= 0.6 is 11.6 Å². The zero-order valence-corrected chi connectivity index (χ0v) is 19.1. The van der Waals surface area contributed by atoms with E-state index in [-0.39, 0.29) is 21.3 Å². The Labute approximate surface area is 191 Å². The lowest BCUT2D eigenvalue weighted by Gasteiger charge is -2.18. The van der Waals surface area contributed by atoms with Gasteiger partial charge in [-0.2, -0.15) is 4.31 Å². The molecule has 0 fully saturated rings. The van der Waals surface area contributed by atoms with Crippen molar-refractivity contribution in [1.82, 2.24) is 14.6 Å². The summed E-state index contributed by atoms with van der Waals surface area (Å²) in [6.45, 7) is 3.09. The highest BCUT2D eigenvalue weighted by atomic mass is 35.5. The number of sulfonamides is 1. The molecule has 1 aromatic carbocycles. The maximum atomic E-state index is 12.5. The molecule has 2 amide bonds. The van der Waals surface area contributed by atoms with Crippen molar-refractivity contribution in [3.8, 4) is 0 Å². The second-order valence-corrected chi connectivity index (χ2v) is 8.64. The molecule has 0 atom stereocenters. The van der Waals surface area contributed by atoms with E-state index in [1.807, 2.05) is 0 Å². The summed E-state index contributed by atoms with van der Waals surface area (Å²) in [4.78, 5) is 39.7. The molecule has 12 heteroatoms. The van der Waals surface area contributed by atoms with Gasteiger partial charge in [-0.05, 0) is 36.4 Å². The Kier molecular flexibility index (Phi) is 9.12. The molecule has 1 aromatic heterocycles. The Morgan fingerprint density at radius 3 is 2.34 bits per heavy atom. The van der Waals surface area contributed by atoms with Gasteiger partial charge in [0.1, 0.15) is 6.54 Å². The molecule has 0 spiro atoms. The van der Waals surface area contributed by atoms with Crippen LogP contribution in [-0.4, -0.2) is 61.7 Å². The van der Waals surface area contributed by atoms with Gasteiger partial charge in [0.2, 0.25) is 10.0 Å². The fraction of sp³-hybridized carbons (Fsp3) is 0.300. The number of nitrogens with one attached hydrogen (secondary N) is 2. The Morgan fingerprint density at radius 1 is 1.09 bits per heavy atom. The second kappa shape index (κ2) is 11.6. The van der Waals surface area contributed by atoms with Crippen LogP contribution in [0.3, 0.4) is 0 Å². The van der Waals surface area contributed by atoms with Crippen LogP contribution in [0.4, 0.5) is 5.69 Å². The number of aromatic nitrogens is 1. The minimum Gasteiger partial charge on any atom is -0.454 e. The molecule has 172 valence electrons. The van der Waals surface area contributed by atoms with Crippen LogP contribution in [0.2, 0.25) is 5.15 Å². The van der Waals surface area contributed by atoms with Crippen molar-refractivity contribution in [3.63, 3.8) is 0 Å². The highest BCUT2D eigenvalue weighted by Gasteiger charge is 2.21. The monoisotopic (exact) mass is 482 g/mol.